The van der Waals surface area contributed by atoms with Gasteiger partial charge in [-0.1, -0.05) is 25.4 Å². The first-order chi connectivity index (χ1) is 10.5. The Hall–Kier alpha value is -2.33. The first-order valence-electron chi connectivity index (χ1n) is 7.00. The van der Waals surface area contributed by atoms with Crippen LogP contribution in [0, 0.1) is 5.92 Å². The zero-order chi connectivity index (χ0) is 15.7. The molecular weight excluding hydrogens is 300 g/mol. The lowest BCUT2D eigenvalue weighted by atomic mass is 10.1. The molecule has 3 aromatic rings. The van der Waals surface area contributed by atoms with Gasteiger partial charge in [0.05, 0.1) is 0 Å². The van der Waals surface area contributed by atoms with E-state index >= 15 is 0 Å². The molecule has 3 rings (SSSR count). The quantitative estimate of drug-likeness (QED) is 0.759. The molecule has 0 spiro atoms. The number of amides is 1. The molecule has 0 saturated heterocycles. The predicted octanol–water partition coefficient (Wildman–Crippen LogP) is 4.74. The van der Waals surface area contributed by atoms with Gasteiger partial charge in [0.2, 0.25) is 11.8 Å². The average Bonchev–Trinajstić information content (AvgIpc) is 2.90. The third kappa shape index (κ3) is 2.97. The number of carbonyl (C=O) groups excluding carboxylic acids is 1. The van der Waals surface area contributed by atoms with Crippen molar-refractivity contribution in [3.05, 3.63) is 47.5 Å². The number of rotatable bonds is 3. The molecule has 0 aliphatic rings. The molecule has 1 aromatic heterocycles. The van der Waals surface area contributed by atoms with Crippen molar-refractivity contribution in [2.75, 3.05) is 5.32 Å². The average molecular weight is 315 g/mol. The van der Waals surface area contributed by atoms with E-state index in [1.54, 1.807) is 12.1 Å². The number of nitrogens with one attached hydrogen (secondary N) is 1. The van der Waals surface area contributed by atoms with Crippen LogP contribution in [0.4, 0.5) is 5.69 Å². The molecule has 22 heavy (non-hydrogen) atoms. The largest absolute Gasteiger partial charge is 0.436 e. The van der Waals surface area contributed by atoms with Crippen molar-refractivity contribution in [1.82, 2.24) is 4.98 Å². The maximum atomic E-state index is 11.7. The Labute approximate surface area is 133 Å². The Kier molecular flexibility index (Phi) is 3.86. The standard InChI is InChI=1S/C17H15ClN2O2/c1-10(2)16(21)19-13-6-3-11(4-7-13)17-20-14-8-5-12(18)9-15(14)22-17/h3-10H,1-2H3,(H,19,21). The van der Waals surface area contributed by atoms with Crippen molar-refractivity contribution in [1.29, 1.82) is 0 Å². The molecule has 1 amide bonds. The third-order valence-electron chi connectivity index (χ3n) is 3.27. The second-order valence-electron chi connectivity index (χ2n) is 5.35. The number of benzene rings is 2. The molecule has 1 heterocycles. The highest BCUT2D eigenvalue weighted by Crippen LogP contribution is 2.27. The molecule has 0 fully saturated rings. The fraction of sp³-hybridized carbons (Fsp3) is 0.176. The van der Waals surface area contributed by atoms with Crippen LogP contribution in [0.15, 0.2) is 46.9 Å². The normalized spacial score (nSPS) is 11.1. The van der Waals surface area contributed by atoms with Gasteiger partial charge >= 0.3 is 0 Å². The summed E-state index contributed by atoms with van der Waals surface area (Å²) in [5, 5.41) is 3.46. The van der Waals surface area contributed by atoms with E-state index < -0.39 is 0 Å². The van der Waals surface area contributed by atoms with Crippen molar-refractivity contribution in [2.24, 2.45) is 5.92 Å². The van der Waals surface area contributed by atoms with E-state index in [9.17, 15) is 4.79 Å². The maximum absolute atomic E-state index is 11.7. The summed E-state index contributed by atoms with van der Waals surface area (Å²) >= 11 is 5.94. The summed E-state index contributed by atoms with van der Waals surface area (Å²) in [4.78, 5) is 16.1. The molecule has 0 bridgehead atoms. The van der Waals surface area contributed by atoms with Gasteiger partial charge in [-0.25, -0.2) is 4.98 Å². The molecule has 0 atom stereocenters. The van der Waals surface area contributed by atoms with Crippen LogP contribution < -0.4 is 5.32 Å². The molecule has 0 aliphatic heterocycles. The lowest BCUT2D eigenvalue weighted by molar-refractivity contribution is -0.118. The van der Waals surface area contributed by atoms with Gasteiger partial charge in [0.1, 0.15) is 5.52 Å². The van der Waals surface area contributed by atoms with Crippen LogP contribution in [0.3, 0.4) is 0 Å². The van der Waals surface area contributed by atoms with Crippen LogP contribution in [0.25, 0.3) is 22.6 Å². The minimum Gasteiger partial charge on any atom is -0.436 e. The van der Waals surface area contributed by atoms with Crippen LogP contribution in [0.2, 0.25) is 5.02 Å². The van der Waals surface area contributed by atoms with Gasteiger partial charge in [-0.3, -0.25) is 4.79 Å². The molecule has 1 N–H and O–H groups in total. The van der Waals surface area contributed by atoms with Gasteiger partial charge < -0.3 is 9.73 Å². The molecule has 0 unspecified atom stereocenters. The molecule has 0 saturated carbocycles. The lowest BCUT2D eigenvalue weighted by Gasteiger charge is -2.07. The van der Waals surface area contributed by atoms with Crippen molar-refractivity contribution in [3.63, 3.8) is 0 Å². The fourth-order valence-corrected chi connectivity index (χ4v) is 2.17. The molecule has 0 radical (unpaired) electrons. The molecule has 112 valence electrons. The number of nitrogens with zero attached hydrogens (tertiary/aromatic N) is 1. The van der Waals surface area contributed by atoms with Gasteiger partial charge in [-0.15, -0.1) is 0 Å². The smallest absolute Gasteiger partial charge is 0.227 e. The van der Waals surface area contributed by atoms with Gasteiger partial charge in [-0.2, -0.15) is 0 Å². The Balaban J connectivity index is 1.86. The Morgan fingerprint density at radius 1 is 1.18 bits per heavy atom. The van der Waals surface area contributed by atoms with Crippen LogP contribution in [0.1, 0.15) is 13.8 Å². The van der Waals surface area contributed by atoms with Crippen LogP contribution in [-0.2, 0) is 4.79 Å². The van der Waals surface area contributed by atoms with Gasteiger partial charge in [0.25, 0.3) is 0 Å². The number of hydrogen-bond acceptors (Lipinski definition) is 3. The number of aromatic nitrogens is 1. The summed E-state index contributed by atoms with van der Waals surface area (Å²) in [6.45, 7) is 3.71. The molecule has 0 aliphatic carbocycles. The van der Waals surface area contributed by atoms with Gasteiger partial charge in [0.15, 0.2) is 5.58 Å². The summed E-state index contributed by atoms with van der Waals surface area (Å²) < 4.78 is 5.71. The Morgan fingerprint density at radius 3 is 2.59 bits per heavy atom. The van der Waals surface area contributed by atoms with Crippen molar-refractivity contribution in [2.45, 2.75) is 13.8 Å². The van der Waals surface area contributed by atoms with E-state index in [1.165, 1.54) is 0 Å². The minimum absolute atomic E-state index is 0.00995. The molecular formula is C17H15ClN2O2. The fourth-order valence-electron chi connectivity index (χ4n) is 2.00. The van der Waals surface area contributed by atoms with E-state index in [-0.39, 0.29) is 11.8 Å². The second kappa shape index (κ2) is 5.81. The zero-order valence-corrected chi connectivity index (χ0v) is 13.0. The third-order valence-corrected chi connectivity index (χ3v) is 3.51. The van der Waals surface area contributed by atoms with E-state index in [4.69, 9.17) is 16.0 Å². The number of fused-ring (bicyclic) bond motifs is 1. The highest BCUT2D eigenvalue weighted by atomic mass is 35.5. The summed E-state index contributed by atoms with van der Waals surface area (Å²) in [5.74, 6) is 0.463. The molecule has 4 nitrogen and oxygen atoms in total. The zero-order valence-electron chi connectivity index (χ0n) is 12.3. The maximum Gasteiger partial charge on any atom is 0.227 e. The van der Waals surface area contributed by atoms with E-state index in [2.05, 4.69) is 10.3 Å². The molecule has 2 aromatic carbocycles. The molecule has 5 heteroatoms. The minimum atomic E-state index is -0.0542. The Morgan fingerprint density at radius 2 is 1.91 bits per heavy atom. The highest BCUT2D eigenvalue weighted by Gasteiger charge is 2.10. The first-order valence-corrected chi connectivity index (χ1v) is 7.38. The number of halogens is 1. The van der Waals surface area contributed by atoms with Crippen molar-refractivity contribution >= 4 is 34.3 Å². The van der Waals surface area contributed by atoms with Crippen LogP contribution in [0.5, 0.6) is 0 Å². The number of anilines is 1. The van der Waals surface area contributed by atoms with E-state index in [0.29, 0.717) is 16.5 Å². The number of oxazole rings is 1. The SMILES string of the molecule is CC(C)C(=O)Nc1ccc(-c2nc3ccc(Cl)cc3o2)cc1. The van der Waals surface area contributed by atoms with Crippen LogP contribution >= 0.6 is 11.6 Å². The van der Waals surface area contributed by atoms with Crippen molar-refractivity contribution < 1.29 is 9.21 Å². The van der Waals surface area contributed by atoms with Crippen molar-refractivity contribution in [3.8, 4) is 11.5 Å². The summed E-state index contributed by atoms with van der Waals surface area (Å²) in [6, 6.07) is 12.7. The van der Waals surface area contributed by atoms with Gasteiger partial charge in [-0.05, 0) is 36.4 Å². The monoisotopic (exact) mass is 314 g/mol. The van der Waals surface area contributed by atoms with Gasteiger partial charge in [0, 0.05) is 28.3 Å². The summed E-state index contributed by atoms with van der Waals surface area (Å²) in [5.41, 5.74) is 3.01. The predicted molar refractivity (Wildman–Crippen MR) is 87.9 cm³/mol. The highest BCUT2D eigenvalue weighted by molar-refractivity contribution is 6.31. The number of carbonyl (C=O) groups is 1. The summed E-state index contributed by atoms with van der Waals surface area (Å²) in [6.07, 6.45) is 0. The Bertz CT molecular complexity index is 822. The lowest BCUT2D eigenvalue weighted by Crippen LogP contribution is -2.17. The topological polar surface area (TPSA) is 55.1 Å². The second-order valence-corrected chi connectivity index (χ2v) is 5.79. The van der Waals surface area contributed by atoms with Crippen LogP contribution in [-0.4, -0.2) is 10.9 Å². The van der Waals surface area contributed by atoms with E-state index in [0.717, 1.165) is 16.8 Å². The first kappa shape index (κ1) is 14.6. The summed E-state index contributed by atoms with van der Waals surface area (Å²) in [7, 11) is 0. The van der Waals surface area contributed by atoms with E-state index in [1.807, 2.05) is 44.2 Å². The number of hydrogen-bond donors (Lipinski definition) is 1.